The van der Waals surface area contributed by atoms with Crippen LogP contribution in [-0.4, -0.2) is 12.9 Å². The predicted molar refractivity (Wildman–Crippen MR) is 79.0 cm³/mol. The molecule has 0 aromatic heterocycles. The quantitative estimate of drug-likeness (QED) is 0.627. The van der Waals surface area contributed by atoms with Crippen LogP contribution in [0.5, 0.6) is 0 Å². The van der Waals surface area contributed by atoms with Crippen LogP contribution in [0.15, 0.2) is 66.8 Å². The molecule has 1 aromatic rings. The molecule has 1 aliphatic rings. The summed E-state index contributed by atoms with van der Waals surface area (Å²) >= 11 is 0. The van der Waals surface area contributed by atoms with Crippen LogP contribution < -0.4 is 4.90 Å². The Hall–Kier alpha value is -2.35. The maximum atomic E-state index is 7.58. The Balaban J connectivity index is 2.59. The van der Waals surface area contributed by atoms with E-state index in [9.17, 15) is 0 Å². The molecule has 0 atom stereocenters. The lowest BCUT2D eigenvalue weighted by Crippen LogP contribution is -2.24. The van der Waals surface area contributed by atoms with Crippen LogP contribution in [0.2, 0.25) is 0 Å². The van der Waals surface area contributed by atoms with Gasteiger partial charge < -0.3 is 4.90 Å². The molecule has 1 N–H and O–H groups in total. The summed E-state index contributed by atoms with van der Waals surface area (Å²) in [5, 5.41) is 7.58. The van der Waals surface area contributed by atoms with E-state index in [1.165, 1.54) is 6.34 Å². The normalized spacial score (nSPS) is 20.3. The van der Waals surface area contributed by atoms with Crippen LogP contribution in [0, 0.1) is 5.41 Å². The first-order valence-electron chi connectivity index (χ1n) is 5.82. The fourth-order valence-corrected chi connectivity index (χ4v) is 2.03. The number of hydrogen-bond acceptors (Lipinski definition) is 1. The second-order valence-electron chi connectivity index (χ2n) is 4.04. The maximum absolute atomic E-state index is 7.58. The van der Waals surface area contributed by atoms with Crippen molar-refractivity contribution in [2.45, 2.75) is 0 Å². The van der Waals surface area contributed by atoms with Crippen molar-refractivity contribution in [2.75, 3.05) is 11.4 Å². The highest BCUT2D eigenvalue weighted by Gasteiger charge is 2.12. The lowest BCUT2D eigenvalue weighted by Gasteiger charge is -2.24. The summed E-state index contributed by atoms with van der Waals surface area (Å²) in [6.07, 6.45) is 9.09. The van der Waals surface area contributed by atoms with Gasteiger partial charge in [-0.3, -0.25) is 5.41 Å². The smallest absolute Gasteiger partial charge is 0.0865 e. The van der Waals surface area contributed by atoms with Gasteiger partial charge in [-0.1, -0.05) is 55.7 Å². The molecule has 2 heteroatoms. The van der Waals surface area contributed by atoms with E-state index in [4.69, 9.17) is 5.41 Å². The summed E-state index contributed by atoms with van der Waals surface area (Å²) in [6, 6.07) is 8.04. The highest BCUT2D eigenvalue weighted by Crippen LogP contribution is 2.26. The molecule has 0 bridgehead atoms. The minimum absolute atomic E-state index is 0.635. The number of allylic oxidation sites excluding steroid dienone is 3. The largest absolute Gasteiger partial charge is 0.328 e. The molecule has 1 aliphatic heterocycles. The second kappa shape index (κ2) is 5.32. The molecule has 0 spiro atoms. The molecular weight excluding hydrogens is 220 g/mol. The molecule has 18 heavy (non-hydrogen) atoms. The average molecular weight is 236 g/mol. The van der Waals surface area contributed by atoms with E-state index in [0.717, 1.165) is 22.4 Å². The van der Waals surface area contributed by atoms with E-state index in [2.05, 4.69) is 13.2 Å². The molecule has 1 heterocycles. The molecule has 90 valence electrons. The summed E-state index contributed by atoms with van der Waals surface area (Å²) in [5.41, 5.74) is 4.25. The highest BCUT2D eigenvalue weighted by atomic mass is 15.1. The predicted octanol–water partition coefficient (Wildman–Crippen LogP) is 3.80. The van der Waals surface area contributed by atoms with E-state index in [1.54, 1.807) is 0 Å². The van der Waals surface area contributed by atoms with E-state index in [0.29, 0.717) is 6.54 Å². The monoisotopic (exact) mass is 236 g/mol. The van der Waals surface area contributed by atoms with Gasteiger partial charge in [0.2, 0.25) is 0 Å². The topological polar surface area (TPSA) is 27.1 Å². The molecule has 0 fully saturated rings. The first-order chi connectivity index (χ1) is 8.80. The summed E-state index contributed by atoms with van der Waals surface area (Å²) in [6.45, 7) is 8.30. The van der Waals surface area contributed by atoms with Crippen molar-refractivity contribution in [2.24, 2.45) is 0 Å². The van der Waals surface area contributed by atoms with Gasteiger partial charge in [-0.15, -0.1) is 0 Å². The number of fused-ring (bicyclic) bond motifs is 1. The third kappa shape index (κ3) is 2.18. The van der Waals surface area contributed by atoms with Crippen LogP contribution in [0.4, 0.5) is 5.69 Å². The molecular formula is C16H16N2. The first-order valence-corrected chi connectivity index (χ1v) is 5.82. The SMILES string of the molecule is C=CC1=C(\C=C)CN(C=N)c2ccccc2/C=C\1. The van der Waals surface area contributed by atoms with Crippen molar-refractivity contribution in [1.82, 2.24) is 0 Å². The lowest BCUT2D eigenvalue weighted by molar-refractivity contribution is 1.09. The van der Waals surface area contributed by atoms with Crippen LogP contribution in [-0.2, 0) is 0 Å². The van der Waals surface area contributed by atoms with E-state index in [1.807, 2.05) is 53.5 Å². The summed E-state index contributed by atoms with van der Waals surface area (Å²) in [5.74, 6) is 0. The Morgan fingerprint density at radius 2 is 1.89 bits per heavy atom. The van der Waals surface area contributed by atoms with Gasteiger partial charge in [-0.05, 0) is 22.8 Å². The molecule has 2 rings (SSSR count). The number of benzene rings is 1. The minimum atomic E-state index is 0.635. The fourth-order valence-electron chi connectivity index (χ4n) is 2.03. The lowest BCUT2D eigenvalue weighted by atomic mass is 10.0. The van der Waals surface area contributed by atoms with Crippen LogP contribution in [0.25, 0.3) is 6.08 Å². The van der Waals surface area contributed by atoms with Gasteiger partial charge in [-0.25, -0.2) is 0 Å². The zero-order valence-electron chi connectivity index (χ0n) is 10.3. The van der Waals surface area contributed by atoms with Gasteiger partial charge in [0.05, 0.1) is 6.34 Å². The Kier molecular flexibility index (Phi) is 3.58. The van der Waals surface area contributed by atoms with Gasteiger partial charge in [0.25, 0.3) is 0 Å². The van der Waals surface area contributed by atoms with Gasteiger partial charge >= 0.3 is 0 Å². The van der Waals surface area contributed by atoms with Crippen LogP contribution in [0.3, 0.4) is 0 Å². The van der Waals surface area contributed by atoms with Crippen LogP contribution in [0.1, 0.15) is 5.56 Å². The second-order valence-corrected chi connectivity index (χ2v) is 4.04. The molecule has 0 saturated heterocycles. The zero-order valence-corrected chi connectivity index (χ0v) is 10.3. The number of anilines is 1. The van der Waals surface area contributed by atoms with E-state index in [-0.39, 0.29) is 0 Å². The molecule has 2 nitrogen and oxygen atoms in total. The minimum Gasteiger partial charge on any atom is -0.328 e. The molecule has 1 aromatic carbocycles. The first kappa shape index (κ1) is 12.1. The van der Waals surface area contributed by atoms with Crippen molar-refractivity contribution in [3.8, 4) is 0 Å². The summed E-state index contributed by atoms with van der Waals surface area (Å²) in [4.78, 5) is 1.90. The molecule has 0 radical (unpaired) electrons. The summed E-state index contributed by atoms with van der Waals surface area (Å²) in [7, 11) is 0. The Morgan fingerprint density at radius 1 is 1.11 bits per heavy atom. The van der Waals surface area contributed by atoms with E-state index < -0.39 is 0 Å². The van der Waals surface area contributed by atoms with E-state index >= 15 is 0 Å². The number of hydrogen-bond donors (Lipinski definition) is 1. The van der Waals surface area contributed by atoms with Crippen molar-refractivity contribution in [3.05, 3.63) is 72.4 Å². The Morgan fingerprint density at radius 3 is 2.56 bits per heavy atom. The van der Waals surface area contributed by atoms with Crippen molar-refractivity contribution in [3.63, 3.8) is 0 Å². The van der Waals surface area contributed by atoms with Gasteiger partial charge in [0, 0.05) is 12.2 Å². The van der Waals surface area contributed by atoms with Crippen molar-refractivity contribution >= 4 is 18.1 Å². The van der Waals surface area contributed by atoms with Gasteiger partial charge in [0.15, 0.2) is 0 Å². The maximum Gasteiger partial charge on any atom is 0.0865 e. The van der Waals surface area contributed by atoms with Crippen molar-refractivity contribution < 1.29 is 0 Å². The van der Waals surface area contributed by atoms with Gasteiger partial charge in [-0.2, -0.15) is 0 Å². The molecule has 0 saturated carbocycles. The standard InChI is InChI=1S/C16H16N2/c1-3-13-9-10-15-7-5-6-8-16(15)18(12-17)11-14(13)4-2/h3-10,12,17H,1-2,11H2/b10-9-,14-13-,17-12?. The number of rotatable bonds is 3. The third-order valence-electron chi connectivity index (χ3n) is 3.02. The molecule has 0 unspecified atom stereocenters. The van der Waals surface area contributed by atoms with Crippen LogP contribution >= 0.6 is 0 Å². The fraction of sp³-hybridized carbons (Fsp3) is 0.0625. The average Bonchev–Trinajstić information content (AvgIpc) is 2.40. The molecule has 0 amide bonds. The number of para-hydroxylation sites is 1. The zero-order chi connectivity index (χ0) is 13.0. The number of nitrogens with zero attached hydrogens (tertiary/aromatic N) is 1. The third-order valence-corrected chi connectivity index (χ3v) is 3.02. The molecule has 0 aliphatic carbocycles. The summed E-state index contributed by atoms with van der Waals surface area (Å²) < 4.78 is 0. The van der Waals surface area contributed by atoms with Crippen molar-refractivity contribution in [1.29, 1.82) is 5.41 Å². The Bertz CT molecular complexity index is 550. The number of nitrogens with one attached hydrogen (secondary N) is 1. The Labute approximate surface area is 108 Å². The van der Waals surface area contributed by atoms with Gasteiger partial charge in [0.1, 0.15) is 0 Å². The highest BCUT2D eigenvalue weighted by molar-refractivity contribution is 5.84.